The molecule has 2 N–H and O–H groups in total. The molecule has 1 atom stereocenters. The lowest BCUT2D eigenvalue weighted by Crippen LogP contribution is -2.36. The predicted octanol–water partition coefficient (Wildman–Crippen LogP) is 1.04. The maximum atomic E-state index is 14.0. The number of carbonyl (C=O) groups is 1. The second-order valence-corrected chi connectivity index (χ2v) is 4.07. The molecule has 1 rings (SSSR count). The van der Waals surface area contributed by atoms with Gasteiger partial charge in [-0.3, -0.25) is 4.79 Å². The van der Waals surface area contributed by atoms with E-state index in [0.717, 1.165) is 0 Å². The number of pyridine rings is 1. The first-order valence-corrected chi connectivity index (χ1v) is 6.32. The average molecular weight is 285 g/mol. The first-order chi connectivity index (χ1) is 9.63. The van der Waals surface area contributed by atoms with Crippen LogP contribution >= 0.6 is 0 Å². The van der Waals surface area contributed by atoms with E-state index in [1.54, 1.807) is 7.11 Å². The van der Waals surface area contributed by atoms with Crippen LogP contribution in [0.25, 0.3) is 0 Å². The first-order valence-electron chi connectivity index (χ1n) is 6.32. The molecule has 6 nitrogen and oxygen atoms in total. The SMILES string of the molecule is CCNc1nccc(C(=O)NCC(COC)OC)c1F. The zero-order chi connectivity index (χ0) is 15.0. The molecule has 0 aliphatic rings. The number of hydrogen-bond donors (Lipinski definition) is 2. The Bertz CT molecular complexity index is 443. The summed E-state index contributed by atoms with van der Waals surface area (Å²) in [4.78, 5) is 15.8. The Morgan fingerprint density at radius 2 is 2.25 bits per heavy atom. The Morgan fingerprint density at radius 3 is 2.85 bits per heavy atom. The van der Waals surface area contributed by atoms with Gasteiger partial charge in [0.1, 0.15) is 0 Å². The van der Waals surface area contributed by atoms with Gasteiger partial charge in [0.05, 0.1) is 18.3 Å². The molecule has 0 aliphatic heterocycles. The minimum atomic E-state index is -0.660. The molecular weight excluding hydrogens is 265 g/mol. The number of anilines is 1. The van der Waals surface area contributed by atoms with Crippen molar-refractivity contribution in [1.82, 2.24) is 10.3 Å². The second-order valence-electron chi connectivity index (χ2n) is 4.07. The minimum Gasteiger partial charge on any atom is -0.382 e. The van der Waals surface area contributed by atoms with Crippen molar-refractivity contribution >= 4 is 11.7 Å². The van der Waals surface area contributed by atoms with Crippen molar-refractivity contribution in [3.8, 4) is 0 Å². The fourth-order valence-electron chi connectivity index (χ4n) is 1.61. The van der Waals surface area contributed by atoms with E-state index in [0.29, 0.717) is 13.2 Å². The third-order valence-electron chi connectivity index (χ3n) is 2.65. The van der Waals surface area contributed by atoms with Crippen LogP contribution in [-0.2, 0) is 9.47 Å². The van der Waals surface area contributed by atoms with Gasteiger partial charge in [-0.2, -0.15) is 0 Å². The van der Waals surface area contributed by atoms with E-state index in [-0.39, 0.29) is 24.0 Å². The number of methoxy groups -OCH3 is 2. The summed E-state index contributed by atoms with van der Waals surface area (Å²) in [5, 5.41) is 5.36. The Kier molecular flexibility index (Phi) is 6.89. The Labute approximate surface area is 117 Å². The van der Waals surface area contributed by atoms with E-state index in [1.165, 1.54) is 19.4 Å². The highest BCUT2D eigenvalue weighted by Crippen LogP contribution is 2.14. The van der Waals surface area contributed by atoms with Crippen molar-refractivity contribution in [1.29, 1.82) is 0 Å². The third-order valence-corrected chi connectivity index (χ3v) is 2.65. The van der Waals surface area contributed by atoms with Gasteiger partial charge in [-0.25, -0.2) is 9.37 Å². The smallest absolute Gasteiger partial charge is 0.254 e. The number of halogens is 1. The van der Waals surface area contributed by atoms with Crippen molar-refractivity contribution < 1.29 is 18.7 Å². The zero-order valence-corrected chi connectivity index (χ0v) is 11.9. The summed E-state index contributed by atoms with van der Waals surface area (Å²) in [6.45, 7) is 2.93. The molecule has 0 bridgehead atoms. The summed E-state index contributed by atoms with van der Waals surface area (Å²) in [6, 6.07) is 1.34. The van der Waals surface area contributed by atoms with Crippen LogP contribution in [-0.4, -0.2) is 50.9 Å². The summed E-state index contributed by atoms with van der Waals surface area (Å²) in [5.41, 5.74) is -0.0526. The molecule has 1 aromatic rings. The van der Waals surface area contributed by atoms with Crippen LogP contribution in [0.5, 0.6) is 0 Å². The van der Waals surface area contributed by atoms with E-state index in [9.17, 15) is 9.18 Å². The molecule has 1 heterocycles. The lowest BCUT2D eigenvalue weighted by Gasteiger charge is -2.15. The van der Waals surface area contributed by atoms with E-state index in [1.807, 2.05) is 6.92 Å². The van der Waals surface area contributed by atoms with Crippen molar-refractivity contribution in [2.75, 3.05) is 39.2 Å². The van der Waals surface area contributed by atoms with Gasteiger partial charge in [-0.05, 0) is 13.0 Å². The van der Waals surface area contributed by atoms with Crippen LogP contribution in [0.15, 0.2) is 12.3 Å². The largest absolute Gasteiger partial charge is 0.382 e. The molecule has 0 aromatic carbocycles. The standard InChI is InChI=1S/C13H20FN3O3/c1-4-15-12-11(14)10(5-6-16-12)13(18)17-7-9(20-3)8-19-2/h5-6,9H,4,7-8H2,1-3H3,(H,15,16)(H,17,18). The Morgan fingerprint density at radius 1 is 1.50 bits per heavy atom. The molecule has 1 unspecified atom stereocenters. The number of nitrogens with one attached hydrogen (secondary N) is 2. The fraction of sp³-hybridized carbons (Fsp3) is 0.538. The van der Waals surface area contributed by atoms with Gasteiger partial charge in [0.15, 0.2) is 11.6 Å². The summed E-state index contributed by atoms with van der Waals surface area (Å²) >= 11 is 0. The van der Waals surface area contributed by atoms with Crippen molar-refractivity contribution in [2.24, 2.45) is 0 Å². The van der Waals surface area contributed by atoms with Gasteiger partial charge in [0.25, 0.3) is 5.91 Å². The number of nitrogens with zero attached hydrogens (tertiary/aromatic N) is 1. The lowest BCUT2D eigenvalue weighted by atomic mass is 10.2. The van der Waals surface area contributed by atoms with Gasteiger partial charge in [-0.15, -0.1) is 0 Å². The molecule has 0 spiro atoms. The van der Waals surface area contributed by atoms with Gasteiger partial charge < -0.3 is 20.1 Å². The molecule has 0 fully saturated rings. The van der Waals surface area contributed by atoms with E-state index in [2.05, 4.69) is 15.6 Å². The highest BCUT2D eigenvalue weighted by Gasteiger charge is 2.17. The molecule has 0 saturated carbocycles. The van der Waals surface area contributed by atoms with Gasteiger partial charge in [-0.1, -0.05) is 0 Å². The van der Waals surface area contributed by atoms with Crippen LogP contribution in [0.3, 0.4) is 0 Å². The van der Waals surface area contributed by atoms with Crippen molar-refractivity contribution in [3.63, 3.8) is 0 Å². The van der Waals surface area contributed by atoms with Crippen LogP contribution in [0.1, 0.15) is 17.3 Å². The molecule has 20 heavy (non-hydrogen) atoms. The van der Waals surface area contributed by atoms with Gasteiger partial charge in [0, 0.05) is 33.5 Å². The average Bonchev–Trinajstić information content (AvgIpc) is 2.45. The Balaban J connectivity index is 2.70. The Hall–Kier alpha value is -1.73. The summed E-state index contributed by atoms with van der Waals surface area (Å²) in [5.74, 6) is -1.10. The number of rotatable bonds is 8. The highest BCUT2D eigenvalue weighted by molar-refractivity contribution is 5.95. The van der Waals surface area contributed by atoms with Crippen molar-refractivity contribution in [2.45, 2.75) is 13.0 Å². The number of amides is 1. The normalized spacial score (nSPS) is 12.0. The topological polar surface area (TPSA) is 72.5 Å². The molecule has 1 aromatic heterocycles. The lowest BCUT2D eigenvalue weighted by molar-refractivity contribution is 0.0285. The van der Waals surface area contributed by atoms with Crippen LogP contribution in [0, 0.1) is 5.82 Å². The fourth-order valence-corrected chi connectivity index (χ4v) is 1.61. The number of ether oxygens (including phenoxy) is 2. The molecule has 0 radical (unpaired) electrons. The highest BCUT2D eigenvalue weighted by atomic mass is 19.1. The maximum Gasteiger partial charge on any atom is 0.254 e. The maximum absolute atomic E-state index is 14.0. The van der Waals surface area contributed by atoms with Gasteiger partial charge >= 0.3 is 0 Å². The summed E-state index contributed by atoms with van der Waals surface area (Å²) in [7, 11) is 3.06. The van der Waals surface area contributed by atoms with E-state index in [4.69, 9.17) is 9.47 Å². The van der Waals surface area contributed by atoms with E-state index >= 15 is 0 Å². The molecule has 0 saturated heterocycles. The van der Waals surface area contributed by atoms with E-state index < -0.39 is 11.7 Å². The quantitative estimate of drug-likeness (QED) is 0.747. The van der Waals surface area contributed by atoms with Crippen LogP contribution < -0.4 is 10.6 Å². The predicted molar refractivity (Wildman–Crippen MR) is 73.4 cm³/mol. The van der Waals surface area contributed by atoms with Gasteiger partial charge in [0.2, 0.25) is 0 Å². The minimum absolute atomic E-state index is 0.0526. The molecule has 7 heteroatoms. The zero-order valence-electron chi connectivity index (χ0n) is 11.9. The number of carbonyl (C=O) groups excluding carboxylic acids is 1. The number of hydrogen-bond acceptors (Lipinski definition) is 5. The molecular formula is C13H20FN3O3. The molecule has 0 aliphatic carbocycles. The second kappa shape index (κ2) is 8.44. The number of aromatic nitrogens is 1. The third kappa shape index (κ3) is 4.43. The molecule has 1 amide bonds. The van der Waals surface area contributed by atoms with Crippen LogP contribution in [0.4, 0.5) is 10.2 Å². The monoisotopic (exact) mass is 285 g/mol. The van der Waals surface area contributed by atoms with Crippen LogP contribution in [0.2, 0.25) is 0 Å². The van der Waals surface area contributed by atoms with Crippen molar-refractivity contribution in [3.05, 3.63) is 23.6 Å². The summed E-state index contributed by atoms with van der Waals surface area (Å²) < 4.78 is 24.1. The molecule has 112 valence electrons. The summed E-state index contributed by atoms with van der Waals surface area (Å²) in [6.07, 6.45) is 1.11. The first kappa shape index (κ1) is 16.3.